The van der Waals surface area contributed by atoms with E-state index < -0.39 is 11.6 Å². The van der Waals surface area contributed by atoms with Gasteiger partial charge in [-0.05, 0) is 25.0 Å². The lowest BCUT2D eigenvalue weighted by Crippen LogP contribution is -2.08. The minimum atomic E-state index is -0.775. The maximum atomic E-state index is 13.7. The molecule has 0 saturated heterocycles. The Bertz CT molecular complexity index is 351. The third kappa shape index (κ3) is 3.08. The first-order valence-electron chi connectivity index (χ1n) is 5.29. The van der Waals surface area contributed by atoms with Gasteiger partial charge in [0.05, 0.1) is 13.2 Å². The molecule has 0 bridgehead atoms. The van der Waals surface area contributed by atoms with Crippen LogP contribution >= 0.6 is 0 Å². The van der Waals surface area contributed by atoms with Gasteiger partial charge in [0.2, 0.25) is 5.82 Å². The summed E-state index contributed by atoms with van der Waals surface area (Å²) in [6.45, 7) is 6.14. The van der Waals surface area contributed by atoms with Crippen molar-refractivity contribution in [2.24, 2.45) is 5.92 Å². The third-order valence-corrected chi connectivity index (χ3v) is 1.87. The molecule has 1 aromatic carbocycles. The van der Waals surface area contributed by atoms with Crippen LogP contribution in [0.4, 0.5) is 8.78 Å². The highest BCUT2D eigenvalue weighted by atomic mass is 19.1. The summed E-state index contributed by atoms with van der Waals surface area (Å²) in [7, 11) is 0. The summed E-state index contributed by atoms with van der Waals surface area (Å²) >= 11 is 0. The molecule has 0 atom stereocenters. The summed E-state index contributed by atoms with van der Waals surface area (Å²) < 4.78 is 37.1. The van der Waals surface area contributed by atoms with Crippen LogP contribution in [0.2, 0.25) is 0 Å². The standard InChI is InChI=1S/C12H16F2O2/c1-4-15-10-6-5-9(13)12(11(10)14)16-7-8(2)3/h5-6,8H,4,7H2,1-3H3. The Hall–Kier alpha value is -1.32. The van der Waals surface area contributed by atoms with Crippen LogP contribution in [0, 0.1) is 17.6 Å². The lowest BCUT2D eigenvalue weighted by Gasteiger charge is -2.12. The SMILES string of the molecule is CCOc1ccc(F)c(OCC(C)C)c1F. The van der Waals surface area contributed by atoms with Gasteiger partial charge < -0.3 is 9.47 Å². The Balaban J connectivity index is 2.92. The van der Waals surface area contributed by atoms with Crippen molar-refractivity contribution in [3.63, 3.8) is 0 Å². The second kappa shape index (κ2) is 5.68. The van der Waals surface area contributed by atoms with Gasteiger partial charge in [0, 0.05) is 0 Å². The van der Waals surface area contributed by atoms with E-state index in [4.69, 9.17) is 9.47 Å². The van der Waals surface area contributed by atoms with Crippen molar-refractivity contribution < 1.29 is 18.3 Å². The Morgan fingerprint density at radius 3 is 2.44 bits per heavy atom. The molecule has 0 fully saturated rings. The van der Waals surface area contributed by atoms with Gasteiger partial charge >= 0.3 is 0 Å². The van der Waals surface area contributed by atoms with Crippen LogP contribution in [0.3, 0.4) is 0 Å². The molecule has 0 aliphatic carbocycles. The Morgan fingerprint density at radius 1 is 1.19 bits per heavy atom. The van der Waals surface area contributed by atoms with E-state index >= 15 is 0 Å². The second-order valence-electron chi connectivity index (χ2n) is 3.83. The molecule has 1 rings (SSSR count). The molecule has 0 saturated carbocycles. The average Bonchev–Trinajstić information content (AvgIpc) is 2.22. The number of hydrogen-bond donors (Lipinski definition) is 0. The molecule has 4 heteroatoms. The molecule has 0 N–H and O–H groups in total. The fraction of sp³-hybridized carbons (Fsp3) is 0.500. The molecule has 16 heavy (non-hydrogen) atoms. The summed E-state index contributed by atoms with van der Waals surface area (Å²) in [6.07, 6.45) is 0. The van der Waals surface area contributed by atoms with Gasteiger partial charge in [0.25, 0.3) is 0 Å². The molecular formula is C12H16F2O2. The van der Waals surface area contributed by atoms with E-state index in [0.717, 1.165) is 6.07 Å². The molecule has 2 nitrogen and oxygen atoms in total. The van der Waals surface area contributed by atoms with Crippen LogP contribution in [0.25, 0.3) is 0 Å². The summed E-state index contributed by atoms with van der Waals surface area (Å²) in [5.41, 5.74) is 0. The van der Waals surface area contributed by atoms with E-state index in [9.17, 15) is 8.78 Å². The van der Waals surface area contributed by atoms with Crippen LogP contribution in [0.5, 0.6) is 11.5 Å². The van der Waals surface area contributed by atoms with Crippen molar-refractivity contribution in [3.05, 3.63) is 23.8 Å². The van der Waals surface area contributed by atoms with E-state index in [1.807, 2.05) is 13.8 Å². The normalized spacial score (nSPS) is 10.6. The Morgan fingerprint density at radius 2 is 1.88 bits per heavy atom. The number of halogens is 2. The highest BCUT2D eigenvalue weighted by molar-refractivity contribution is 5.37. The highest BCUT2D eigenvalue weighted by Crippen LogP contribution is 2.29. The topological polar surface area (TPSA) is 18.5 Å². The fourth-order valence-electron chi connectivity index (χ4n) is 1.16. The minimum Gasteiger partial charge on any atom is -0.491 e. The molecule has 0 amide bonds. The fourth-order valence-corrected chi connectivity index (χ4v) is 1.16. The van der Waals surface area contributed by atoms with Gasteiger partial charge in [-0.1, -0.05) is 13.8 Å². The number of ether oxygens (including phenoxy) is 2. The molecule has 0 spiro atoms. The van der Waals surface area contributed by atoms with Crippen LogP contribution in [0.15, 0.2) is 12.1 Å². The maximum Gasteiger partial charge on any atom is 0.209 e. The van der Waals surface area contributed by atoms with Crippen molar-refractivity contribution in [1.29, 1.82) is 0 Å². The van der Waals surface area contributed by atoms with Crippen molar-refractivity contribution in [2.75, 3.05) is 13.2 Å². The first-order chi connectivity index (χ1) is 7.56. The lowest BCUT2D eigenvalue weighted by atomic mass is 10.2. The summed E-state index contributed by atoms with van der Waals surface area (Å²) in [6, 6.07) is 2.40. The number of hydrogen-bond acceptors (Lipinski definition) is 2. The Labute approximate surface area is 94.2 Å². The van der Waals surface area contributed by atoms with Crippen molar-refractivity contribution >= 4 is 0 Å². The third-order valence-electron chi connectivity index (χ3n) is 1.87. The summed E-state index contributed by atoms with van der Waals surface area (Å²) in [4.78, 5) is 0. The Kier molecular flexibility index (Phi) is 4.52. The predicted octanol–water partition coefficient (Wildman–Crippen LogP) is 3.40. The molecule has 1 aromatic rings. The van der Waals surface area contributed by atoms with E-state index in [0.29, 0.717) is 6.61 Å². The zero-order chi connectivity index (χ0) is 12.1. The zero-order valence-electron chi connectivity index (χ0n) is 9.72. The van der Waals surface area contributed by atoms with E-state index in [-0.39, 0.29) is 24.0 Å². The van der Waals surface area contributed by atoms with Gasteiger partial charge in [-0.25, -0.2) is 4.39 Å². The van der Waals surface area contributed by atoms with Crippen LogP contribution in [0.1, 0.15) is 20.8 Å². The van der Waals surface area contributed by atoms with Crippen LogP contribution < -0.4 is 9.47 Å². The van der Waals surface area contributed by atoms with E-state index in [1.165, 1.54) is 6.07 Å². The van der Waals surface area contributed by atoms with Crippen LogP contribution in [-0.2, 0) is 0 Å². The smallest absolute Gasteiger partial charge is 0.209 e. The predicted molar refractivity (Wildman–Crippen MR) is 57.9 cm³/mol. The molecule has 0 radical (unpaired) electrons. The summed E-state index contributed by atoms with van der Waals surface area (Å²) in [5, 5.41) is 0. The van der Waals surface area contributed by atoms with Crippen molar-refractivity contribution in [2.45, 2.75) is 20.8 Å². The highest BCUT2D eigenvalue weighted by Gasteiger charge is 2.16. The van der Waals surface area contributed by atoms with Gasteiger partial charge in [0.1, 0.15) is 0 Å². The van der Waals surface area contributed by atoms with Gasteiger partial charge in [-0.3, -0.25) is 0 Å². The molecule has 0 heterocycles. The zero-order valence-corrected chi connectivity index (χ0v) is 9.72. The van der Waals surface area contributed by atoms with Crippen molar-refractivity contribution in [1.82, 2.24) is 0 Å². The number of rotatable bonds is 5. The molecule has 0 unspecified atom stereocenters. The van der Waals surface area contributed by atoms with Gasteiger partial charge in [0.15, 0.2) is 17.3 Å². The minimum absolute atomic E-state index is 0.0163. The average molecular weight is 230 g/mol. The van der Waals surface area contributed by atoms with Gasteiger partial charge in [-0.2, -0.15) is 4.39 Å². The molecule has 90 valence electrons. The maximum absolute atomic E-state index is 13.7. The molecule has 0 aromatic heterocycles. The molecule has 0 aliphatic heterocycles. The quantitative estimate of drug-likeness (QED) is 0.771. The number of benzene rings is 1. The first kappa shape index (κ1) is 12.7. The van der Waals surface area contributed by atoms with Crippen LogP contribution in [-0.4, -0.2) is 13.2 Å². The molecular weight excluding hydrogens is 214 g/mol. The summed E-state index contributed by atoms with van der Waals surface area (Å²) in [5.74, 6) is -1.62. The van der Waals surface area contributed by atoms with Crippen molar-refractivity contribution in [3.8, 4) is 11.5 Å². The van der Waals surface area contributed by atoms with E-state index in [2.05, 4.69) is 0 Å². The van der Waals surface area contributed by atoms with E-state index in [1.54, 1.807) is 6.92 Å². The first-order valence-corrected chi connectivity index (χ1v) is 5.29. The second-order valence-corrected chi connectivity index (χ2v) is 3.83. The monoisotopic (exact) mass is 230 g/mol. The lowest BCUT2D eigenvalue weighted by molar-refractivity contribution is 0.239. The van der Waals surface area contributed by atoms with Gasteiger partial charge in [-0.15, -0.1) is 0 Å². The molecule has 0 aliphatic rings. The largest absolute Gasteiger partial charge is 0.491 e.